The fourth-order valence-electron chi connectivity index (χ4n) is 1.93. The molecule has 0 radical (unpaired) electrons. The maximum absolute atomic E-state index is 13.8. The van der Waals surface area contributed by atoms with Crippen LogP contribution in [0.1, 0.15) is 29.7 Å². The van der Waals surface area contributed by atoms with Crippen LogP contribution in [0.15, 0.2) is 36.7 Å². The van der Waals surface area contributed by atoms with E-state index in [0.29, 0.717) is 17.9 Å². The van der Waals surface area contributed by atoms with Gasteiger partial charge in [0.25, 0.3) is 0 Å². The van der Waals surface area contributed by atoms with Gasteiger partial charge in [0, 0.05) is 11.8 Å². The lowest BCUT2D eigenvalue weighted by atomic mass is 9.99. The maximum atomic E-state index is 13.8. The predicted molar refractivity (Wildman–Crippen MR) is 72.6 cm³/mol. The summed E-state index contributed by atoms with van der Waals surface area (Å²) >= 11 is 0. The topological polar surface area (TPSA) is 48.1 Å². The molecule has 0 aliphatic rings. The Morgan fingerprint density at radius 3 is 2.84 bits per heavy atom. The lowest BCUT2D eigenvalue weighted by Crippen LogP contribution is -2.14. The number of nitrogens with two attached hydrogens (primary N) is 1. The molecule has 0 amide bonds. The molecule has 0 aliphatic heterocycles. The van der Waals surface area contributed by atoms with Crippen molar-refractivity contribution in [1.82, 2.24) is 4.98 Å². The smallest absolute Gasteiger partial charge is 0.137 e. The minimum atomic E-state index is -0.548. The SMILES string of the molecule is CCOc1cncc(C(N)c2cc(C)ccc2F)c1. The molecule has 4 heteroatoms. The Morgan fingerprint density at radius 2 is 2.11 bits per heavy atom. The Labute approximate surface area is 112 Å². The van der Waals surface area contributed by atoms with Crippen molar-refractivity contribution in [2.45, 2.75) is 19.9 Å². The van der Waals surface area contributed by atoms with E-state index in [0.717, 1.165) is 11.1 Å². The fourth-order valence-corrected chi connectivity index (χ4v) is 1.93. The van der Waals surface area contributed by atoms with Gasteiger partial charge in [-0.15, -0.1) is 0 Å². The van der Waals surface area contributed by atoms with Crippen LogP contribution in [0.2, 0.25) is 0 Å². The van der Waals surface area contributed by atoms with Crippen molar-refractivity contribution < 1.29 is 9.13 Å². The molecule has 1 atom stereocenters. The molecule has 2 N–H and O–H groups in total. The summed E-state index contributed by atoms with van der Waals surface area (Å²) in [5.41, 5.74) is 8.29. The summed E-state index contributed by atoms with van der Waals surface area (Å²) in [5, 5.41) is 0. The van der Waals surface area contributed by atoms with Crippen molar-refractivity contribution in [3.05, 3.63) is 59.2 Å². The second-order valence-corrected chi connectivity index (χ2v) is 4.39. The van der Waals surface area contributed by atoms with Crippen molar-refractivity contribution in [3.8, 4) is 5.75 Å². The van der Waals surface area contributed by atoms with Crippen LogP contribution in [0, 0.1) is 12.7 Å². The number of ether oxygens (including phenoxy) is 1. The van der Waals surface area contributed by atoms with E-state index in [1.807, 2.05) is 13.8 Å². The number of nitrogens with zero attached hydrogens (tertiary/aromatic N) is 1. The second kappa shape index (κ2) is 5.80. The van der Waals surface area contributed by atoms with Gasteiger partial charge in [0.2, 0.25) is 0 Å². The predicted octanol–water partition coefficient (Wildman–Crippen LogP) is 2.98. The Bertz CT molecular complexity index is 572. The molecule has 0 saturated heterocycles. The summed E-state index contributed by atoms with van der Waals surface area (Å²) in [6, 6.07) is 6.16. The van der Waals surface area contributed by atoms with Gasteiger partial charge in [0.1, 0.15) is 11.6 Å². The molecule has 2 aromatic rings. The molecule has 19 heavy (non-hydrogen) atoms. The number of hydrogen-bond acceptors (Lipinski definition) is 3. The minimum Gasteiger partial charge on any atom is -0.492 e. The zero-order valence-corrected chi connectivity index (χ0v) is 11.1. The number of aromatic nitrogens is 1. The lowest BCUT2D eigenvalue weighted by molar-refractivity contribution is 0.338. The minimum absolute atomic E-state index is 0.306. The highest BCUT2D eigenvalue weighted by molar-refractivity contribution is 5.36. The Kier molecular flexibility index (Phi) is 4.12. The van der Waals surface area contributed by atoms with E-state index in [9.17, 15) is 4.39 Å². The van der Waals surface area contributed by atoms with Gasteiger partial charge in [-0.2, -0.15) is 0 Å². The van der Waals surface area contributed by atoms with Crippen molar-refractivity contribution in [2.75, 3.05) is 6.61 Å². The van der Waals surface area contributed by atoms with Crippen LogP contribution < -0.4 is 10.5 Å². The number of pyridine rings is 1. The summed E-state index contributed by atoms with van der Waals surface area (Å²) in [6.07, 6.45) is 3.25. The lowest BCUT2D eigenvalue weighted by Gasteiger charge is -2.15. The van der Waals surface area contributed by atoms with E-state index in [4.69, 9.17) is 10.5 Å². The Morgan fingerprint density at radius 1 is 1.32 bits per heavy atom. The summed E-state index contributed by atoms with van der Waals surface area (Å²) < 4.78 is 19.2. The van der Waals surface area contributed by atoms with E-state index < -0.39 is 6.04 Å². The van der Waals surface area contributed by atoms with Crippen LogP contribution in [-0.4, -0.2) is 11.6 Å². The molecule has 1 heterocycles. The van der Waals surface area contributed by atoms with Crippen LogP contribution in [0.25, 0.3) is 0 Å². The first kappa shape index (κ1) is 13.5. The molecule has 1 aromatic carbocycles. The molecular weight excluding hydrogens is 243 g/mol. The van der Waals surface area contributed by atoms with Crippen molar-refractivity contribution >= 4 is 0 Å². The van der Waals surface area contributed by atoms with Gasteiger partial charge in [-0.1, -0.05) is 17.7 Å². The normalized spacial score (nSPS) is 12.2. The summed E-state index contributed by atoms with van der Waals surface area (Å²) in [6.45, 7) is 4.36. The summed E-state index contributed by atoms with van der Waals surface area (Å²) in [5.74, 6) is 0.337. The second-order valence-electron chi connectivity index (χ2n) is 4.39. The summed E-state index contributed by atoms with van der Waals surface area (Å²) in [4.78, 5) is 4.07. The molecule has 1 unspecified atom stereocenters. The van der Waals surface area contributed by atoms with Gasteiger partial charge >= 0.3 is 0 Å². The van der Waals surface area contributed by atoms with Gasteiger partial charge < -0.3 is 10.5 Å². The molecule has 0 aliphatic carbocycles. The molecule has 3 nitrogen and oxygen atoms in total. The molecule has 0 spiro atoms. The van der Waals surface area contributed by atoms with Crippen molar-refractivity contribution in [3.63, 3.8) is 0 Å². The molecule has 1 aromatic heterocycles. The summed E-state index contributed by atoms with van der Waals surface area (Å²) in [7, 11) is 0. The maximum Gasteiger partial charge on any atom is 0.137 e. The highest BCUT2D eigenvalue weighted by Gasteiger charge is 2.14. The zero-order chi connectivity index (χ0) is 13.8. The highest BCUT2D eigenvalue weighted by atomic mass is 19.1. The first-order valence-electron chi connectivity index (χ1n) is 6.21. The average Bonchev–Trinajstić information content (AvgIpc) is 2.41. The quantitative estimate of drug-likeness (QED) is 0.919. The number of hydrogen-bond donors (Lipinski definition) is 1. The van der Waals surface area contributed by atoms with Crippen molar-refractivity contribution in [1.29, 1.82) is 0 Å². The number of rotatable bonds is 4. The monoisotopic (exact) mass is 260 g/mol. The van der Waals surface area contributed by atoms with Gasteiger partial charge in [-0.25, -0.2) is 4.39 Å². The Balaban J connectivity index is 2.35. The largest absolute Gasteiger partial charge is 0.492 e. The molecule has 0 bridgehead atoms. The van der Waals surface area contributed by atoms with E-state index >= 15 is 0 Å². The van der Waals surface area contributed by atoms with Gasteiger partial charge in [0.15, 0.2) is 0 Å². The highest BCUT2D eigenvalue weighted by Crippen LogP contribution is 2.25. The number of halogens is 1. The number of aryl methyl sites for hydroxylation is 1. The van der Waals surface area contributed by atoms with E-state index in [-0.39, 0.29) is 5.82 Å². The van der Waals surface area contributed by atoms with Crippen molar-refractivity contribution in [2.24, 2.45) is 5.73 Å². The molecule has 2 rings (SSSR count). The third-order valence-electron chi connectivity index (χ3n) is 2.89. The van der Waals surface area contributed by atoms with E-state index in [2.05, 4.69) is 4.98 Å². The van der Waals surface area contributed by atoms with E-state index in [1.165, 1.54) is 6.07 Å². The first-order valence-corrected chi connectivity index (χ1v) is 6.21. The average molecular weight is 260 g/mol. The first-order chi connectivity index (χ1) is 9.11. The molecule has 100 valence electrons. The molecular formula is C15H17FN2O. The van der Waals surface area contributed by atoms with Crippen LogP contribution >= 0.6 is 0 Å². The van der Waals surface area contributed by atoms with Crippen LogP contribution in [0.5, 0.6) is 5.75 Å². The van der Waals surface area contributed by atoms with Gasteiger partial charge in [0.05, 0.1) is 18.8 Å². The zero-order valence-electron chi connectivity index (χ0n) is 11.1. The fraction of sp³-hybridized carbons (Fsp3) is 0.267. The van der Waals surface area contributed by atoms with E-state index in [1.54, 1.807) is 30.6 Å². The van der Waals surface area contributed by atoms with Gasteiger partial charge in [-0.3, -0.25) is 4.98 Å². The molecule has 0 fully saturated rings. The van der Waals surface area contributed by atoms with Crippen LogP contribution in [-0.2, 0) is 0 Å². The molecule has 0 saturated carbocycles. The van der Waals surface area contributed by atoms with Crippen LogP contribution in [0.3, 0.4) is 0 Å². The Hall–Kier alpha value is -1.94. The standard InChI is InChI=1S/C15H17FN2O/c1-3-19-12-7-11(8-18-9-12)15(17)13-6-10(2)4-5-14(13)16/h4-9,15H,3,17H2,1-2H3. The third kappa shape index (κ3) is 3.09. The van der Waals surface area contributed by atoms with Gasteiger partial charge in [-0.05, 0) is 31.5 Å². The third-order valence-corrected chi connectivity index (χ3v) is 2.89. The number of benzene rings is 1. The van der Waals surface area contributed by atoms with Crippen LogP contribution in [0.4, 0.5) is 4.39 Å².